The third-order valence-corrected chi connectivity index (χ3v) is 1.10. The summed E-state index contributed by atoms with van der Waals surface area (Å²) in [5.41, 5.74) is 0.525. The Kier molecular flexibility index (Phi) is 13.7. The molecule has 0 bridgehead atoms. The van der Waals surface area contributed by atoms with Crippen LogP contribution in [-0.2, 0) is 0 Å². The van der Waals surface area contributed by atoms with Gasteiger partial charge in [0.25, 0.3) is 0 Å². The van der Waals surface area contributed by atoms with E-state index in [2.05, 4.69) is 13.8 Å². The first-order valence-corrected chi connectivity index (χ1v) is 5.13. The van der Waals surface area contributed by atoms with E-state index in [-0.39, 0.29) is 0 Å². The Morgan fingerprint density at radius 2 is 1.36 bits per heavy atom. The van der Waals surface area contributed by atoms with Gasteiger partial charge in [0.1, 0.15) is 0 Å². The highest BCUT2D eigenvalue weighted by Crippen LogP contribution is 1.82. The highest BCUT2D eigenvalue weighted by molar-refractivity contribution is 6.58. The Labute approximate surface area is 87.7 Å². The van der Waals surface area contributed by atoms with Crippen molar-refractivity contribution in [2.75, 3.05) is 0 Å². The van der Waals surface area contributed by atoms with Crippen LogP contribution in [0, 0.1) is 0 Å². The molecule has 2 N–H and O–H groups in total. The molecule has 0 amide bonds. The van der Waals surface area contributed by atoms with E-state index < -0.39 is 7.12 Å². The lowest BCUT2D eigenvalue weighted by Crippen LogP contribution is -2.29. The van der Waals surface area contributed by atoms with Crippen molar-refractivity contribution in [2.45, 2.75) is 34.1 Å². The average Bonchev–Trinajstić information content (AvgIpc) is 2.23. The molecule has 0 aliphatic heterocycles. The smallest absolute Gasteiger partial charge is 0.423 e. The van der Waals surface area contributed by atoms with Crippen molar-refractivity contribution < 1.29 is 10.0 Å². The van der Waals surface area contributed by atoms with Crippen molar-refractivity contribution in [1.29, 1.82) is 0 Å². The van der Waals surface area contributed by atoms with Gasteiger partial charge in [-0.15, -0.1) is 0 Å². The molecular weight excluding hydrogens is 175 g/mol. The quantitative estimate of drug-likeness (QED) is 0.672. The second-order valence-electron chi connectivity index (χ2n) is 2.49. The zero-order valence-corrected chi connectivity index (χ0v) is 9.57. The molecule has 0 saturated carbocycles. The van der Waals surface area contributed by atoms with Gasteiger partial charge in [-0.1, -0.05) is 64.4 Å². The van der Waals surface area contributed by atoms with Gasteiger partial charge in [-0.3, -0.25) is 0 Å². The molecule has 0 fully saturated rings. The highest BCUT2D eigenvalue weighted by Gasteiger charge is 2.07. The van der Waals surface area contributed by atoms with Gasteiger partial charge in [-0.2, -0.15) is 0 Å². The van der Waals surface area contributed by atoms with Crippen LogP contribution in [0.2, 0.25) is 0 Å². The monoisotopic (exact) mass is 196 g/mol. The summed E-state index contributed by atoms with van der Waals surface area (Å²) in [7, 11) is -1.34. The Hall–Kier alpha value is -0.795. The second kappa shape index (κ2) is 12.2. The van der Waals surface area contributed by atoms with Crippen LogP contribution in [0.1, 0.15) is 34.1 Å². The normalized spacial score (nSPS) is 7.57. The molecule has 14 heavy (non-hydrogen) atoms. The molecule has 1 aromatic rings. The van der Waals surface area contributed by atoms with E-state index in [1.807, 2.05) is 19.9 Å². The van der Waals surface area contributed by atoms with E-state index in [0.717, 1.165) is 0 Å². The van der Waals surface area contributed by atoms with Crippen LogP contribution < -0.4 is 5.46 Å². The van der Waals surface area contributed by atoms with E-state index in [1.54, 1.807) is 24.3 Å². The van der Waals surface area contributed by atoms with Gasteiger partial charge >= 0.3 is 7.12 Å². The fourth-order valence-electron chi connectivity index (χ4n) is 0.625. The minimum atomic E-state index is -1.34. The predicted octanol–water partition coefficient (Wildman–Crippen LogP) is 1.81. The fraction of sp³-hybridized carbons (Fsp3) is 0.455. The molecular formula is C11H21BO2. The van der Waals surface area contributed by atoms with Gasteiger partial charge in [0, 0.05) is 0 Å². The third-order valence-electron chi connectivity index (χ3n) is 1.10. The Bertz CT molecular complexity index is 188. The van der Waals surface area contributed by atoms with Crippen LogP contribution in [-0.4, -0.2) is 17.2 Å². The topological polar surface area (TPSA) is 40.5 Å². The summed E-state index contributed by atoms with van der Waals surface area (Å²) in [5.74, 6) is 0. The third kappa shape index (κ3) is 9.29. The van der Waals surface area contributed by atoms with Crippen LogP contribution in [0.4, 0.5) is 0 Å². The van der Waals surface area contributed by atoms with Crippen LogP contribution in [0.15, 0.2) is 30.3 Å². The Morgan fingerprint density at radius 1 is 1.00 bits per heavy atom. The summed E-state index contributed by atoms with van der Waals surface area (Å²) < 4.78 is 0. The summed E-state index contributed by atoms with van der Waals surface area (Å²) in [6, 6.07) is 8.66. The van der Waals surface area contributed by atoms with Gasteiger partial charge < -0.3 is 10.0 Å². The molecule has 0 heterocycles. The maximum atomic E-state index is 8.58. The van der Waals surface area contributed by atoms with Crippen molar-refractivity contribution in [1.82, 2.24) is 0 Å². The lowest BCUT2D eigenvalue weighted by molar-refractivity contribution is 0.426. The largest absolute Gasteiger partial charge is 0.488 e. The summed E-state index contributed by atoms with van der Waals surface area (Å²) in [6.45, 7) is 8.25. The van der Waals surface area contributed by atoms with E-state index in [4.69, 9.17) is 10.0 Å². The van der Waals surface area contributed by atoms with Gasteiger partial charge in [-0.25, -0.2) is 0 Å². The summed E-state index contributed by atoms with van der Waals surface area (Å²) >= 11 is 0. The van der Waals surface area contributed by atoms with Crippen LogP contribution in [0.25, 0.3) is 0 Å². The van der Waals surface area contributed by atoms with Gasteiger partial charge in [0.05, 0.1) is 0 Å². The molecule has 1 aromatic carbocycles. The molecule has 0 radical (unpaired) electrons. The lowest BCUT2D eigenvalue weighted by Gasteiger charge is -1.94. The minimum absolute atomic E-state index is 0.525. The second-order valence-corrected chi connectivity index (χ2v) is 2.49. The first-order chi connectivity index (χ1) is 6.72. The van der Waals surface area contributed by atoms with E-state index in [9.17, 15) is 0 Å². The van der Waals surface area contributed by atoms with Crippen LogP contribution in [0.3, 0.4) is 0 Å². The van der Waals surface area contributed by atoms with Crippen molar-refractivity contribution in [2.24, 2.45) is 0 Å². The van der Waals surface area contributed by atoms with Crippen LogP contribution >= 0.6 is 0 Å². The Balaban J connectivity index is 0. The molecule has 0 aliphatic carbocycles. The van der Waals surface area contributed by atoms with Gasteiger partial charge in [0.2, 0.25) is 0 Å². The predicted molar refractivity (Wildman–Crippen MR) is 63.6 cm³/mol. The molecule has 0 spiro atoms. The van der Waals surface area contributed by atoms with Gasteiger partial charge in [0.15, 0.2) is 0 Å². The SMILES string of the molecule is CC.CCC.OB(O)c1ccccc1. The molecule has 1 rings (SSSR count). The summed E-state index contributed by atoms with van der Waals surface area (Å²) in [6.07, 6.45) is 1.25. The Morgan fingerprint density at radius 3 is 1.57 bits per heavy atom. The van der Waals surface area contributed by atoms with Crippen molar-refractivity contribution in [3.8, 4) is 0 Å². The zero-order valence-electron chi connectivity index (χ0n) is 9.57. The standard InChI is InChI=1S/C6H7BO2.C3H8.C2H6/c8-7(9)6-4-2-1-3-5-6;1-3-2;1-2/h1-5,8-9H;3H2,1-2H3;1-2H3. The highest BCUT2D eigenvalue weighted by atomic mass is 16.4. The zero-order chi connectivity index (χ0) is 11.4. The first-order valence-electron chi connectivity index (χ1n) is 5.13. The van der Waals surface area contributed by atoms with E-state index >= 15 is 0 Å². The van der Waals surface area contributed by atoms with Crippen molar-refractivity contribution in [3.05, 3.63) is 30.3 Å². The molecule has 80 valence electrons. The summed E-state index contributed by atoms with van der Waals surface area (Å²) in [4.78, 5) is 0. The first kappa shape index (κ1) is 15.7. The van der Waals surface area contributed by atoms with Gasteiger partial charge in [-0.05, 0) is 5.46 Å². The maximum absolute atomic E-state index is 8.58. The molecule has 0 aliphatic rings. The molecule has 0 saturated heterocycles. The number of rotatable bonds is 1. The maximum Gasteiger partial charge on any atom is 0.488 e. The lowest BCUT2D eigenvalue weighted by atomic mass is 9.81. The summed E-state index contributed by atoms with van der Waals surface area (Å²) in [5, 5.41) is 17.2. The number of hydrogen-bond donors (Lipinski definition) is 2. The van der Waals surface area contributed by atoms with Crippen LogP contribution in [0.5, 0.6) is 0 Å². The van der Waals surface area contributed by atoms with E-state index in [0.29, 0.717) is 5.46 Å². The molecule has 0 unspecified atom stereocenters. The molecule has 0 aromatic heterocycles. The molecule has 2 nitrogen and oxygen atoms in total. The van der Waals surface area contributed by atoms with E-state index in [1.165, 1.54) is 6.42 Å². The van der Waals surface area contributed by atoms with Crippen molar-refractivity contribution in [3.63, 3.8) is 0 Å². The molecule has 3 heteroatoms. The fourth-order valence-corrected chi connectivity index (χ4v) is 0.625. The number of hydrogen-bond acceptors (Lipinski definition) is 2. The number of benzene rings is 1. The molecule has 0 atom stereocenters. The minimum Gasteiger partial charge on any atom is -0.423 e. The average molecular weight is 196 g/mol. The van der Waals surface area contributed by atoms with Crippen molar-refractivity contribution >= 4 is 12.6 Å².